The summed E-state index contributed by atoms with van der Waals surface area (Å²) < 4.78 is 0. The first-order valence-electron chi connectivity index (χ1n) is 7.59. The van der Waals surface area contributed by atoms with Gasteiger partial charge >= 0.3 is 12.0 Å². The Labute approximate surface area is 120 Å². The molecule has 5 heteroatoms. The van der Waals surface area contributed by atoms with Crippen molar-refractivity contribution in [2.24, 2.45) is 11.8 Å². The number of carboxylic acids is 1. The van der Waals surface area contributed by atoms with Crippen molar-refractivity contribution in [3.05, 3.63) is 0 Å². The van der Waals surface area contributed by atoms with Gasteiger partial charge in [-0.2, -0.15) is 0 Å². The maximum absolute atomic E-state index is 12.8. The van der Waals surface area contributed by atoms with Crippen LogP contribution < -0.4 is 0 Å². The number of carboxylic acid groups (broad SMARTS) is 1. The highest BCUT2D eigenvalue weighted by molar-refractivity contribution is 5.86. The number of urea groups is 1. The molecule has 2 saturated heterocycles. The minimum atomic E-state index is -1.04. The second-order valence-electron chi connectivity index (χ2n) is 6.83. The summed E-state index contributed by atoms with van der Waals surface area (Å²) in [5.41, 5.74) is -1.04. The highest BCUT2D eigenvalue weighted by Crippen LogP contribution is 2.33. The highest BCUT2D eigenvalue weighted by atomic mass is 16.4. The first-order chi connectivity index (χ1) is 9.27. The Morgan fingerprint density at radius 2 is 1.90 bits per heavy atom. The van der Waals surface area contributed by atoms with Crippen molar-refractivity contribution in [3.63, 3.8) is 0 Å². The lowest BCUT2D eigenvalue weighted by molar-refractivity contribution is -0.147. The van der Waals surface area contributed by atoms with E-state index < -0.39 is 11.5 Å². The lowest BCUT2D eigenvalue weighted by atomic mass is 9.86. The van der Waals surface area contributed by atoms with Crippen LogP contribution in [0.5, 0.6) is 0 Å². The molecule has 0 aromatic heterocycles. The normalized spacial score (nSPS) is 38.1. The van der Waals surface area contributed by atoms with Gasteiger partial charge in [-0.1, -0.05) is 13.8 Å². The summed E-state index contributed by atoms with van der Waals surface area (Å²) >= 11 is 0. The number of hydrogen-bond acceptors (Lipinski definition) is 2. The summed E-state index contributed by atoms with van der Waals surface area (Å²) in [6.07, 6.45) is 2.43. The second-order valence-corrected chi connectivity index (χ2v) is 6.83. The molecule has 20 heavy (non-hydrogen) atoms. The average Bonchev–Trinajstić information content (AvgIpc) is 2.76. The molecule has 0 spiro atoms. The van der Waals surface area contributed by atoms with E-state index in [1.807, 2.05) is 4.90 Å². The van der Waals surface area contributed by atoms with E-state index in [2.05, 4.69) is 20.8 Å². The molecule has 0 radical (unpaired) electrons. The zero-order chi connectivity index (χ0) is 15.1. The van der Waals surface area contributed by atoms with E-state index in [0.717, 1.165) is 19.4 Å². The minimum absolute atomic E-state index is 0.0988. The van der Waals surface area contributed by atoms with Gasteiger partial charge in [0.2, 0.25) is 0 Å². The lowest BCUT2D eigenvalue weighted by Crippen LogP contribution is -2.59. The van der Waals surface area contributed by atoms with Crippen LogP contribution in [0.15, 0.2) is 0 Å². The molecular weight excluding hydrogens is 256 g/mol. The molecule has 2 fully saturated rings. The van der Waals surface area contributed by atoms with Crippen LogP contribution in [0.25, 0.3) is 0 Å². The average molecular weight is 282 g/mol. The van der Waals surface area contributed by atoms with Crippen LogP contribution >= 0.6 is 0 Å². The first kappa shape index (κ1) is 15.1. The number of likely N-dealkylation sites (tertiary alicyclic amines) is 2. The number of carbonyl (C=O) groups is 2. The van der Waals surface area contributed by atoms with Gasteiger partial charge in [0.15, 0.2) is 0 Å². The quantitative estimate of drug-likeness (QED) is 0.803. The Balaban J connectivity index is 2.20. The standard InChI is InChI=1S/C15H26N2O3/c1-10-8-11(2)12(3)16(9-10)14(20)17-7-5-6-15(17,4)13(18)19/h10-12H,5-9H2,1-4H3,(H,18,19). The third-order valence-corrected chi connectivity index (χ3v) is 5.18. The second kappa shape index (κ2) is 5.26. The lowest BCUT2D eigenvalue weighted by Gasteiger charge is -2.44. The van der Waals surface area contributed by atoms with E-state index in [9.17, 15) is 14.7 Å². The Hall–Kier alpha value is -1.26. The maximum Gasteiger partial charge on any atom is 0.329 e. The predicted molar refractivity (Wildman–Crippen MR) is 76.5 cm³/mol. The summed E-state index contributed by atoms with van der Waals surface area (Å²) in [4.78, 5) is 27.8. The number of amides is 2. The Morgan fingerprint density at radius 3 is 2.50 bits per heavy atom. The number of aliphatic carboxylic acids is 1. The van der Waals surface area contributed by atoms with Crippen LogP contribution in [-0.2, 0) is 4.79 Å². The van der Waals surface area contributed by atoms with E-state index >= 15 is 0 Å². The zero-order valence-corrected chi connectivity index (χ0v) is 12.9. The van der Waals surface area contributed by atoms with Crippen molar-refractivity contribution >= 4 is 12.0 Å². The largest absolute Gasteiger partial charge is 0.480 e. The fourth-order valence-corrected chi connectivity index (χ4v) is 3.61. The van der Waals surface area contributed by atoms with E-state index in [-0.39, 0.29) is 12.1 Å². The van der Waals surface area contributed by atoms with Gasteiger partial charge in [-0.3, -0.25) is 0 Å². The van der Waals surface area contributed by atoms with Gasteiger partial charge in [-0.15, -0.1) is 0 Å². The number of rotatable bonds is 1. The molecule has 2 aliphatic rings. The van der Waals surface area contributed by atoms with Crippen LogP contribution in [0, 0.1) is 11.8 Å². The molecule has 2 rings (SSSR count). The van der Waals surface area contributed by atoms with E-state index in [0.29, 0.717) is 24.8 Å². The Kier molecular flexibility index (Phi) is 3.98. The summed E-state index contributed by atoms with van der Waals surface area (Å²) in [7, 11) is 0. The summed E-state index contributed by atoms with van der Waals surface area (Å²) in [6, 6.07) is 0.0793. The van der Waals surface area contributed by atoms with Gasteiger partial charge in [0.05, 0.1) is 0 Å². The topological polar surface area (TPSA) is 60.9 Å². The van der Waals surface area contributed by atoms with E-state index in [1.165, 1.54) is 0 Å². The van der Waals surface area contributed by atoms with Gasteiger partial charge in [0, 0.05) is 19.1 Å². The molecule has 114 valence electrons. The van der Waals surface area contributed by atoms with Crippen molar-refractivity contribution in [1.29, 1.82) is 0 Å². The predicted octanol–water partition coefficient (Wildman–Crippen LogP) is 2.41. The summed E-state index contributed by atoms with van der Waals surface area (Å²) in [5.74, 6) is 0.0410. The number of carbonyl (C=O) groups excluding carboxylic acids is 1. The van der Waals surface area contributed by atoms with Gasteiger partial charge in [-0.25, -0.2) is 9.59 Å². The molecule has 0 saturated carbocycles. The maximum atomic E-state index is 12.8. The molecule has 2 heterocycles. The third-order valence-electron chi connectivity index (χ3n) is 5.18. The molecule has 0 aliphatic carbocycles. The van der Waals surface area contributed by atoms with E-state index in [4.69, 9.17) is 0 Å². The van der Waals surface area contributed by atoms with Crippen LogP contribution in [0.1, 0.15) is 47.0 Å². The molecule has 2 amide bonds. The van der Waals surface area contributed by atoms with Gasteiger partial charge < -0.3 is 14.9 Å². The molecule has 1 N–H and O–H groups in total. The summed E-state index contributed by atoms with van der Waals surface area (Å²) in [5, 5.41) is 9.45. The van der Waals surface area contributed by atoms with Crippen LogP contribution in [0.4, 0.5) is 4.79 Å². The van der Waals surface area contributed by atoms with Crippen LogP contribution in [0.2, 0.25) is 0 Å². The van der Waals surface area contributed by atoms with Gasteiger partial charge in [-0.05, 0) is 44.9 Å². The summed E-state index contributed by atoms with van der Waals surface area (Å²) in [6.45, 7) is 9.35. The number of piperidine rings is 1. The van der Waals surface area contributed by atoms with Crippen molar-refractivity contribution < 1.29 is 14.7 Å². The first-order valence-corrected chi connectivity index (χ1v) is 7.59. The van der Waals surface area contributed by atoms with Crippen LogP contribution in [-0.4, -0.2) is 51.6 Å². The molecule has 5 nitrogen and oxygen atoms in total. The fraction of sp³-hybridized carbons (Fsp3) is 0.867. The Bertz CT molecular complexity index is 412. The van der Waals surface area contributed by atoms with Gasteiger partial charge in [0.25, 0.3) is 0 Å². The molecular formula is C15H26N2O3. The molecule has 2 aliphatic heterocycles. The zero-order valence-electron chi connectivity index (χ0n) is 12.9. The molecule has 4 atom stereocenters. The Morgan fingerprint density at radius 1 is 1.25 bits per heavy atom. The third kappa shape index (κ3) is 2.38. The molecule has 0 aromatic rings. The SMILES string of the molecule is CC1CC(C)C(C)N(C(=O)N2CCCC2(C)C(=O)O)C1. The number of hydrogen-bond donors (Lipinski definition) is 1. The van der Waals surface area contributed by atoms with Crippen molar-refractivity contribution in [3.8, 4) is 0 Å². The molecule has 0 bridgehead atoms. The van der Waals surface area contributed by atoms with Gasteiger partial charge in [0.1, 0.15) is 5.54 Å². The van der Waals surface area contributed by atoms with Crippen molar-refractivity contribution in [2.75, 3.05) is 13.1 Å². The number of nitrogens with zero attached hydrogens (tertiary/aromatic N) is 2. The monoisotopic (exact) mass is 282 g/mol. The molecule has 0 aromatic carbocycles. The highest BCUT2D eigenvalue weighted by Gasteiger charge is 2.48. The fourth-order valence-electron chi connectivity index (χ4n) is 3.61. The van der Waals surface area contributed by atoms with Crippen LogP contribution in [0.3, 0.4) is 0 Å². The molecule has 4 unspecified atom stereocenters. The minimum Gasteiger partial charge on any atom is -0.480 e. The smallest absolute Gasteiger partial charge is 0.329 e. The van der Waals surface area contributed by atoms with Crippen molar-refractivity contribution in [2.45, 2.75) is 58.5 Å². The van der Waals surface area contributed by atoms with E-state index in [1.54, 1.807) is 11.8 Å². The van der Waals surface area contributed by atoms with Crippen molar-refractivity contribution in [1.82, 2.24) is 9.80 Å².